The van der Waals surface area contributed by atoms with Gasteiger partial charge in [0.2, 0.25) is 15.9 Å². The second-order valence-electron chi connectivity index (χ2n) is 7.68. The number of ether oxygens (including phenoxy) is 1. The quantitative estimate of drug-likeness (QED) is 0.551. The van der Waals surface area contributed by atoms with Crippen molar-refractivity contribution < 1.29 is 22.5 Å². The first kappa shape index (κ1) is 23.4. The molecule has 0 aliphatic rings. The van der Waals surface area contributed by atoms with Crippen molar-refractivity contribution in [3.05, 3.63) is 65.3 Å². The average molecular weight is 459 g/mol. The van der Waals surface area contributed by atoms with Crippen LogP contribution in [0.25, 0.3) is 0 Å². The van der Waals surface area contributed by atoms with Crippen LogP contribution >= 0.6 is 0 Å². The Morgan fingerprint density at radius 1 is 1.16 bits per heavy atom. The number of sulfonamides is 1. The first-order valence-electron chi connectivity index (χ1n) is 9.95. The Bertz CT molecular complexity index is 1200. The van der Waals surface area contributed by atoms with E-state index in [0.717, 1.165) is 9.87 Å². The van der Waals surface area contributed by atoms with Crippen molar-refractivity contribution in [2.24, 2.45) is 0 Å². The lowest BCUT2D eigenvalue weighted by atomic mass is 10.1. The highest BCUT2D eigenvalue weighted by molar-refractivity contribution is 7.89. The molecule has 0 saturated heterocycles. The number of carbonyl (C=O) groups is 1. The average Bonchev–Trinajstić information content (AvgIpc) is 3.23. The number of hydrogen-bond donors (Lipinski definition) is 1. The molecule has 1 amide bonds. The van der Waals surface area contributed by atoms with Gasteiger partial charge in [-0.25, -0.2) is 12.7 Å². The second-order valence-corrected chi connectivity index (χ2v) is 9.80. The second kappa shape index (κ2) is 9.49. The third-order valence-corrected chi connectivity index (χ3v) is 6.57. The van der Waals surface area contributed by atoms with Crippen LogP contribution in [0.5, 0.6) is 5.75 Å². The lowest BCUT2D eigenvalue weighted by Crippen LogP contribution is -2.23. The van der Waals surface area contributed by atoms with Gasteiger partial charge in [0.05, 0.1) is 7.11 Å². The molecule has 10 heteroatoms. The summed E-state index contributed by atoms with van der Waals surface area (Å²) in [6, 6.07) is 11.5. The van der Waals surface area contributed by atoms with Crippen molar-refractivity contribution in [1.82, 2.24) is 14.4 Å². The van der Waals surface area contributed by atoms with Crippen molar-refractivity contribution in [2.75, 3.05) is 26.5 Å². The Labute approximate surface area is 187 Å². The summed E-state index contributed by atoms with van der Waals surface area (Å²) in [4.78, 5) is 17.0. The van der Waals surface area contributed by atoms with Gasteiger partial charge in [-0.15, -0.1) is 0 Å². The predicted molar refractivity (Wildman–Crippen MR) is 119 cm³/mol. The van der Waals surface area contributed by atoms with Gasteiger partial charge >= 0.3 is 0 Å². The number of nitrogens with one attached hydrogen (secondary N) is 1. The van der Waals surface area contributed by atoms with Gasteiger partial charge in [0.25, 0.3) is 5.91 Å². The van der Waals surface area contributed by atoms with Gasteiger partial charge in [0, 0.05) is 37.7 Å². The molecule has 3 aromatic rings. The molecule has 1 N–H and O–H groups in total. The topological polar surface area (TPSA) is 115 Å². The number of carbonyl (C=O) groups excluding carboxylic acids is 1. The number of methoxy groups -OCH3 is 1. The lowest BCUT2D eigenvalue weighted by Gasteiger charge is -2.15. The zero-order valence-electron chi connectivity index (χ0n) is 18.6. The van der Waals surface area contributed by atoms with Gasteiger partial charge in [0.1, 0.15) is 10.6 Å². The van der Waals surface area contributed by atoms with E-state index in [4.69, 9.17) is 9.26 Å². The largest absolute Gasteiger partial charge is 0.495 e. The van der Waals surface area contributed by atoms with Crippen LogP contribution in [0, 0.1) is 0 Å². The molecular formula is C22H26N4O5S. The summed E-state index contributed by atoms with van der Waals surface area (Å²) < 4.78 is 36.6. The summed E-state index contributed by atoms with van der Waals surface area (Å²) in [5, 5.41) is 6.75. The fourth-order valence-electron chi connectivity index (χ4n) is 2.88. The molecule has 0 radical (unpaired) electrons. The number of amides is 1. The molecule has 0 bridgehead atoms. The highest BCUT2D eigenvalue weighted by Gasteiger charge is 2.24. The Morgan fingerprint density at radius 2 is 1.84 bits per heavy atom. The van der Waals surface area contributed by atoms with Crippen molar-refractivity contribution in [3.8, 4) is 5.75 Å². The predicted octanol–water partition coefficient (Wildman–Crippen LogP) is 3.30. The van der Waals surface area contributed by atoms with Crippen LogP contribution in [0.1, 0.15) is 47.4 Å². The highest BCUT2D eigenvalue weighted by atomic mass is 32.2. The van der Waals surface area contributed by atoms with Crippen LogP contribution in [0.3, 0.4) is 0 Å². The molecule has 2 aromatic carbocycles. The molecule has 0 spiro atoms. The number of aromatic nitrogens is 2. The van der Waals surface area contributed by atoms with Crippen molar-refractivity contribution in [1.29, 1.82) is 0 Å². The fraction of sp³-hybridized carbons (Fsp3) is 0.318. The maximum absolute atomic E-state index is 12.7. The smallest absolute Gasteiger partial charge is 0.255 e. The third kappa shape index (κ3) is 5.14. The Morgan fingerprint density at radius 3 is 2.41 bits per heavy atom. The van der Waals surface area contributed by atoms with Gasteiger partial charge in [-0.05, 0) is 35.9 Å². The molecule has 0 fully saturated rings. The van der Waals surface area contributed by atoms with Crippen LogP contribution in [0.4, 0.5) is 5.69 Å². The molecule has 0 saturated carbocycles. The molecule has 0 atom stereocenters. The highest BCUT2D eigenvalue weighted by Crippen LogP contribution is 2.27. The normalized spacial score (nSPS) is 11.7. The summed E-state index contributed by atoms with van der Waals surface area (Å²) in [6.07, 6.45) is 0.509. The third-order valence-electron chi connectivity index (χ3n) is 4.74. The van der Waals surface area contributed by atoms with Gasteiger partial charge in [0.15, 0.2) is 5.82 Å². The van der Waals surface area contributed by atoms with Crippen molar-refractivity contribution in [3.63, 3.8) is 0 Å². The summed E-state index contributed by atoms with van der Waals surface area (Å²) >= 11 is 0. The van der Waals surface area contributed by atoms with E-state index in [1.165, 1.54) is 39.4 Å². The first-order valence-corrected chi connectivity index (χ1v) is 11.4. The maximum atomic E-state index is 12.7. The molecule has 170 valence electrons. The molecular weight excluding hydrogens is 432 g/mol. The molecule has 0 unspecified atom stereocenters. The Kier molecular flexibility index (Phi) is 6.95. The molecule has 0 aliphatic carbocycles. The minimum Gasteiger partial charge on any atom is -0.495 e. The van der Waals surface area contributed by atoms with Crippen LogP contribution in [-0.4, -0.2) is 50.0 Å². The molecule has 1 aromatic heterocycles. The molecule has 32 heavy (non-hydrogen) atoms. The van der Waals surface area contributed by atoms with Gasteiger partial charge < -0.3 is 14.6 Å². The summed E-state index contributed by atoms with van der Waals surface area (Å²) in [5.41, 5.74) is 1.73. The number of rotatable bonds is 8. The number of benzene rings is 2. The minimum atomic E-state index is -3.78. The summed E-state index contributed by atoms with van der Waals surface area (Å²) in [5.74, 6) is 1.09. The van der Waals surface area contributed by atoms with Crippen LogP contribution < -0.4 is 10.1 Å². The standard InChI is InChI=1S/C22H26N4O5S/c1-14(2)22-24-20(25-31-22)12-15-6-9-17(10-7-15)23-21(27)16-8-11-18(30-5)19(13-16)32(28,29)26(3)4/h6-11,13-14H,12H2,1-5H3,(H,23,27). The van der Waals surface area contributed by atoms with E-state index in [9.17, 15) is 13.2 Å². The minimum absolute atomic E-state index is 0.0751. The fourth-order valence-corrected chi connectivity index (χ4v) is 3.96. The van der Waals surface area contributed by atoms with E-state index in [1.807, 2.05) is 26.0 Å². The summed E-state index contributed by atoms with van der Waals surface area (Å²) in [7, 11) is 0.436. The van der Waals surface area contributed by atoms with E-state index < -0.39 is 15.9 Å². The van der Waals surface area contributed by atoms with Crippen LogP contribution in [0.15, 0.2) is 51.9 Å². The van der Waals surface area contributed by atoms with E-state index >= 15 is 0 Å². The number of anilines is 1. The molecule has 0 aliphatic heterocycles. The zero-order valence-corrected chi connectivity index (χ0v) is 19.4. The van der Waals surface area contributed by atoms with E-state index in [2.05, 4.69) is 15.5 Å². The Hall–Kier alpha value is -3.24. The SMILES string of the molecule is COc1ccc(C(=O)Nc2ccc(Cc3noc(C(C)C)n3)cc2)cc1S(=O)(=O)N(C)C. The lowest BCUT2D eigenvalue weighted by molar-refractivity contribution is 0.102. The molecule has 3 rings (SSSR count). The number of nitrogens with zero attached hydrogens (tertiary/aromatic N) is 3. The Balaban J connectivity index is 1.74. The first-order chi connectivity index (χ1) is 15.1. The van der Waals surface area contributed by atoms with Crippen LogP contribution in [-0.2, 0) is 16.4 Å². The maximum Gasteiger partial charge on any atom is 0.255 e. The summed E-state index contributed by atoms with van der Waals surface area (Å²) in [6.45, 7) is 3.97. The van der Waals surface area contributed by atoms with Gasteiger partial charge in [-0.3, -0.25) is 4.79 Å². The van der Waals surface area contributed by atoms with Crippen molar-refractivity contribution in [2.45, 2.75) is 31.1 Å². The zero-order chi connectivity index (χ0) is 23.5. The van der Waals surface area contributed by atoms with Crippen LogP contribution in [0.2, 0.25) is 0 Å². The van der Waals surface area contributed by atoms with E-state index in [0.29, 0.717) is 23.8 Å². The number of hydrogen-bond acceptors (Lipinski definition) is 7. The van der Waals surface area contributed by atoms with E-state index in [-0.39, 0.29) is 22.1 Å². The van der Waals surface area contributed by atoms with Gasteiger partial charge in [-0.2, -0.15) is 4.98 Å². The monoisotopic (exact) mass is 458 g/mol. The van der Waals surface area contributed by atoms with Gasteiger partial charge in [-0.1, -0.05) is 31.1 Å². The molecule has 9 nitrogen and oxygen atoms in total. The molecule has 1 heterocycles. The van der Waals surface area contributed by atoms with Crippen molar-refractivity contribution >= 4 is 21.6 Å². The van der Waals surface area contributed by atoms with E-state index in [1.54, 1.807) is 12.1 Å².